The Bertz CT molecular complexity index is 870. The fourth-order valence-corrected chi connectivity index (χ4v) is 3.25. The molecule has 3 rings (SSSR count). The number of hydrogen-bond acceptors (Lipinski definition) is 5. The van der Waals surface area contributed by atoms with E-state index in [-0.39, 0.29) is 5.91 Å². The van der Waals surface area contributed by atoms with Crippen molar-refractivity contribution in [2.45, 2.75) is 27.2 Å². The highest BCUT2D eigenvalue weighted by atomic mass is 32.1. The third-order valence-electron chi connectivity index (χ3n) is 3.24. The summed E-state index contributed by atoms with van der Waals surface area (Å²) < 4.78 is 14.9. The van der Waals surface area contributed by atoms with Crippen LogP contribution in [0.5, 0.6) is 0 Å². The van der Waals surface area contributed by atoms with Crippen molar-refractivity contribution < 1.29 is 9.18 Å². The molecule has 0 aliphatic heterocycles. The summed E-state index contributed by atoms with van der Waals surface area (Å²) in [5.41, 5.74) is 1.34. The SMILES string of the molecule is Cc1nc2ccc(F)cn2c1C(=O)Nc1nnc(CC(C)C)s1. The third kappa shape index (κ3) is 3.21. The number of pyridine rings is 1. The number of fused-ring (bicyclic) bond motifs is 1. The van der Waals surface area contributed by atoms with Gasteiger partial charge in [-0.25, -0.2) is 9.37 Å². The summed E-state index contributed by atoms with van der Waals surface area (Å²) >= 11 is 1.34. The molecule has 0 aliphatic rings. The summed E-state index contributed by atoms with van der Waals surface area (Å²) in [6, 6.07) is 2.84. The second-order valence-corrected chi connectivity index (χ2v) is 6.74. The van der Waals surface area contributed by atoms with E-state index in [2.05, 4.69) is 34.3 Å². The lowest BCUT2D eigenvalue weighted by atomic mass is 10.1. The molecule has 8 heteroatoms. The molecule has 0 saturated carbocycles. The highest BCUT2D eigenvalue weighted by Gasteiger charge is 2.18. The van der Waals surface area contributed by atoms with Crippen LogP contribution in [0.3, 0.4) is 0 Å². The maximum Gasteiger partial charge on any atom is 0.276 e. The van der Waals surface area contributed by atoms with Gasteiger partial charge in [0, 0.05) is 12.6 Å². The van der Waals surface area contributed by atoms with Gasteiger partial charge in [-0.1, -0.05) is 25.2 Å². The number of imidazole rings is 1. The number of nitrogens with one attached hydrogen (secondary N) is 1. The lowest BCUT2D eigenvalue weighted by Gasteiger charge is -2.03. The summed E-state index contributed by atoms with van der Waals surface area (Å²) in [7, 11) is 0. The van der Waals surface area contributed by atoms with Gasteiger partial charge in [-0.15, -0.1) is 10.2 Å². The third-order valence-corrected chi connectivity index (χ3v) is 4.10. The second kappa shape index (κ2) is 6.04. The smallest absolute Gasteiger partial charge is 0.276 e. The first-order valence-electron chi connectivity index (χ1n) is 7.22. The van der Waals surface area contributed by atoms with Gasteiger partial charge in [0.05, 0.1) is 5.69 Å². The van der Waals surface area contributed by atoms with Gasteiger partial charge >= 0.3 is 0 Å². The van der Waals surface area contributed by atoms with Crippen LogP contribution in [0.1, 0.15) is 35.0 Å². The molecular formula is C15H16FN5OS. The fourth-order valence-electron chi connectivity index (χ4n) is 2.30. The van der Waals surface area contributed by atoms with Crippen LogP contribution in [-0.2, 0) is 6.42 Å². The van der Waals surface area contributed by atoms with Crippen LogP contribution in [0.2, 0.25) is 0 Å². The lowest BCUT2D eigenvalue weighted by Crippen LogP contribution is -2.15. The molecule has 0 aliphatic carbocycles. The Morgan fingerprint density at radius 3 is 2.91 bits per heavy atom. The highest BCUT2D eigenvalue weighted by Crippen LogP contribution is 2.20. The van der Waals surface area contributed by atoms with Crippen molar-refractivity contribution >= 4 is 28.0 Å². The Hall–Kier alpha value is -2.35. The van der Waals surface area contributed by atoms with Gasteiger partial charge in [-0.05, 0) is 25.0 Å². The molecule has 0 bridgehead atoms. The summed E-state index contributed by atoms with van der Waals surface area (Å²) in [4.78, 5) is 16.8. The Balaban J connectivity index is 1.87. The summed E-state index contributed by atoms with van der Waals surface area (Å²) in [6.45, 7) is 5.90. The van der Waals surface area contributed by atoms with E-state index in [0.29, 0.717) is 28.1 Å². The molecule has 23 heavy (non-hydrogen) atoms. The second-order valence-electron chi connectivity index (χ2n) is 5.67. The van der Waals surface area contributed by atoms with E-state index in [1.807, 2.05) is 0 Å². The predicted molar refractivity (Wildman–Crippen MR) is 86.3 cm³/mol. The zero-order chi connectivity index (χ0) is 16.6. The zero-order valence-electron chi connectivity index (χ0n) is 13.0. The predicted octanol–water partition coefficient (Wildman–Crippen LogP) is 3.08. The normalized spacial score (nSPS) is 11.3. The van der Waals surface area contributed by atoms with E-state index in [4.69, 9.17) is 0 Å². The van der Waals surface area contributed by atoms with Crippen LogP contribution in [0.25, 0.3) is 5.65 Å². The van der Waals surface area contributed by atoms with E-state index >= 15 is 0 Å². The molecule has 0 radical (unpaired) electrons. The maximum absolute atomic E-state index is 13.4. The number of anilines is 1. The summed E-state index contributed by atoms with van der Waals surface area (Å²) in [5.74, 6) is -0.345. The van der Waals surface area contributed by atoms with Gasteiger partial charge in [0.1, 0.15) is 22.2 Å². The Kier molecular flexibility index (Phi) is 4.08. The van der Waals surface area contributed by atoms with E-state index < -0.39 is 5.82 Å². The average Bonchev–Trinajstić information content (AvgIpc) is 3.01. The lowest BCUT2D eigenvalue weighted by molar-refractivity contribution is 0.102. The Labute approximate surface area is 136 Å². The van der Waals surface area contributed by atoms with Gasteiger partial charge in [0.2, 0.25) is 5.13 Å². The number of hydrogen-bond donors (Lipinski definition) is 1. The van der Waals surface area contributed by atoms with Gasteiger partial charge in [-0.2, -0.15) is 0 Å². The van der Waals surface area contributed by atoms with Crippen LogP contribution < -0.4 is 5.32 Å². The van der Waals surface area contributed by atoms with E-state index in [9.17, 15) is 9.18 Å². The minimum absolute atomic E-state index is 0.292. The maximum atomic E-state index is 13.4. The summed E-state index contributed by atoms with van der Waals surface area (Å²) in [6.07, 6.45) is 2.06. The number of halogens is 1. The number of carbonyl (C=O) groups is 1. The molecule has 3 aromatic rings. The van der Waals surface area contributed by atoms with Crippen LogP contribution in [0, 0.1) is 18.7 Å². The number of nitrogens with zero attached hydrogens (tertiary/aromatic N) is 4. The van der Waals surface area contributed by atoms with Gasteiger partial charge in [0.15, 0.2) is 0 Å². The van der Waals surface area contributed by atoms with Crippen LogP contribution in [0.15, 0.2) is 18.3 Å². The van der Waals surface area contributed by atoms with E-state index in [0.717, 1.165) is 11.4 Å². The number of aryl methyl sites for hydroxylation is 1. The first-order valence-corrected chi connectivity index (χ1v) is 8.03. The molecule has 0 spiro atoms. The monoisotopic (exact) mass is 333 g/mol. The number of aromatic nitrogens is 4. The minimum atomic E-state index is -0.431. The summed E-state index contributed by atoms with van der Waals surface area (Å²) in [5, 5.41) is 12.1. The van der Waals surface area contributed by atoms with Crippen molar-refractivity contribution in [1.29, 1.82) is 0 Å². The van der Waals surface area contributed by atoms with Crippen molar-refractivity contribution in [2.75, 3.05) is 5.32 Å². The first kappa shape index (κ1) is 15.5. The fraction of sp³-hybridized carbons (Fsp3) is 0.333. The molecule has 120 valence electrons. The van der Waals surface area contributed by atoms with Crippen LogP contribution in [-0.4, -0.2) is 25.5 Å². The van der Waals surface area contributed by atoms with Crippen molar-refractivity contribution in [3.63, 3.8) is 0 Å². The number of amides is 1. The molecule has 0 atom stereocenters. The van der Waals surface area contributed by atoms with Crippen molar-refractivity contribution in [3.8, 4) is 0 Å². The van der Waals surface area contributed by atoms with Crippen molar-refractivity contribution in [3.05, 3.63) is 40.5 Å². The molecule has 0 unspecified atom stereocenters. The topological polar surface area (TPSA) is 72.2 Å². The minimum Gasteiger partial charge on any atom is -0.295 e. The van der Waals surface area contributed by atoms with Gasteiger partial charge in [-0.3, -0.25) is 14.5 Å². The molecule has 1 N–H and O–H groups in total. The molecular weight excluding hydrogens is 317 g/mol. The van der Waals surface area contributed by atoms with Crippen LogP contribution in [0.4, 0.5) is 9.52 Å². The van der Waals surface area contributed by atoms with E-state index in [1.54, 1.807) is 6.92 Å². The Morgan fingerprint density at radius 1 is 1.39 bits per heavy atom. The highest BCUT2D eigenvalue weighted by molar-refractivity contribution is 7.15. The van der Waals surface area contributed by atoms with Gasteiger partial charge in [0.25, 0.3) is 5.91 Å². The van der Waals surface area contributed by atoms with Gasteiger partial charge < -0.3 is 0 Å². The molecule has 3 aromatic heterocycles. The van der Waals surface area contributed by atoms with Crippen molar-refractivity contribution in [1.82, 2.24) is 19.6 Å². The molecule has 0 saturated heterocycles. The first-order chi connectivity index (χ1) is 10.9. The molecule has 3 heterocycles. The largest absolute Gasteiger partial charge is 0.295 e. The molecule has 1 amide bonds. The molecule has 0 fully saturated rings. The molecule has 0 aromatic carbocycles. The molecule has 6 nitrogen and oxygen atoms in total. The quantitative estimate of drug-likeness (QED) is 0.796. The van der Waals surface area contributed by atoms with E-state index in [1.165, 1.54) is 34.1 Å². The Morgan fingerprint density at radius 2 is 2.17 bits per heavy atom. The number of rotatable bonds is 4. The van der Waals surface area contributed by atoms with Crippen molar-refractivity contribution in [2.24, 2.45) is 5.92 Å². The average molecular weight is 333 g/mol. The zero-order valence-corrected chi connectivity index (χ0v) is 13.8. The number of carbonyl (C=O) groups excluding carboxylic acids is 1. The van der Waals surface area contributed by atoms with Crippen LogP contribution >= 0.6 is 11.3 Å². The standard InChI is InChI=1S/C15H16FN5OS/c1-8(2)6-12-19-20-15(23-12)18-14(22)13-9(3)17-11-5-4-10(16)7-21(11)13/h4-5,7-8H,6H2,1-3H3,(H,18,20,22).